The fourth-order valence-electron chi connectivity index (χ4n) is 2.19. The Balaban J connectivity index is 2.01. The summed E-state index contributed by atoms with van der Waals surface area (Å²) < 4.78 is 24.9. The number of carbonyl (C=O) groups is 1. The number of pyridine rings is 1. The van der Waals surface area contributed by atoms with E-state index in [0.717, 1.165) is 5.39 Å². The lowest BCUT2D eigenvalue weighted by molar-refractivity contribution is 0.203. The number of nitrogens with zero attached hydrogens (tertiary/aromatic N) is 2. The minimum absolute atomic E-state index is 0.265. The Kier molecular flexibility index (Phi) is 3.61. The lowest BCUT2D eigenvalue weighted by atomic mass is 10.2. The van der Waals surface area contributed by atoms with E-state index in [1.165, 1.54) is 19.3 Å². The zero-order valence-corrected chi connectivity index (χ0v) is 12.4. The molecular formula is C16H13FN2O4. The van der Waals surface area contributed by atoms with Crippen LogP contribution in [0.3, 0.4) is 0 Å². The number of methoxy groups -OCH3 is 1. The Morgan fingerprint density at radius 3 is 2.78 bits per heavy atom. The summed E-state index contributed by atoms with van der Waals surface area (Å²) in [5, 5.41) is 9.69. The second kappa shape index (κ2) is 5.60. The van der Waals surface area contributed by atoms with Gasteiger partial charge in [-0.1, -0.05) is 0 Å². The van der Waals surface area contributed by atoms with Crippen LogP contribution in [-0.2, 0) is 0 Å². The molecule has 2 heterocycles. The molecule has 0 atom stereocenters. The summed E-state index contributed by atoms with van der Waals surface area (Å²) in [6, 6.07) is 8.26. The quantitative estimate of drug-likeness (QED) is 0.796. The highest BCUT2D eigenvalue weighted by Gasteiger charge is 2.17. The van der Waals surface area contributed by atoms with E-state index in [1.54, 1.807) is 31.4 Å². The van der Waals surface area contributed by atoms with Crippen molar-refractivity contribution in [2.45, 2.75) is 0 Å². The maximum Gasteiger partial charge on any atom is 0.412 e. The molecule has 118 valence electrons. The van der Waals surface area contributed by atoms with E-state index in [2.05, 4.69) is 4.98 Å². The number of furan rings is 1. The molecule has 0 saturated heterocycles. The van der Waals surface area contributed by atoms with Gasteiger partial charge in [0.15, 0.2) is 11.6 Å². The summed E-state index contributed by atoms with van der Waals surface area (Å²) in [5.74, 6) is 0.112. The SMILES string of the molecule is COc1ccc2oc(-c3cnc(N(C)C(=O)O)c(F)c3)cc2c1. The van der Waals surface area contributed by atoms with Crippen LogP contribution in [0.25, 0.3) is 22.3 Å². The van der Waals surface area contributed by atoms with E-state index in [0.29, 0.717) is 27.6 Å². The zero-order valence-electron chi connectivity index (χ0n) is 12.4. The molecule has 0 aliphatic heterocycles. The standard InChI is InChI=1S/C16H13FN2O4/c1-19(16(20)21)15-12(17)6-10(8-18-15)14-7-9-5-11(22-2)3-4-13(9)23-14/h3-8H,1-2H3,(H,20,21). The number of hydrogen-bond donors (Lipinski definition) is 1. The normalized spacial score (nSPS) is 10.7. The van der Waals surface area contributed by atoms with Crippen LogP contribution in [0.2, 0.25) is 0 Å². The van der Waals surface area contributed by atoms with Gasteiger partial charge >= 0.3 is 6.09 Å². The number of anilines is 1. The largest absolute Gasteiger partial charge is 0.497 e. The minimum Gasteiger partial charge on any atom is -0.497 e. The lowest BCUT2D eigenvalue weighted by Crippen LogP contribution is -2.25. The number of halogens is 1. The van der Waals surface area contributed by atoms with E-state index in [-0.39, 0.29) is 5.82 Å². The highest BCUT2D eigenvalue weighted by atomic mass is 19.1. The van der Waals surface area contributed by atoms with Crippen LogP contribution in [0.5, 0.6) is 5.75 Å². The Morgan fingerprint density at radius 1 is 1.35 bits per heavy atom. The van der Waals surface area contributed by atoms with Gasteiger partial charge in [-0.3, -0.25) is 4.90 Å². The molecule has 23 heavy (non-hydrogen) atoms. The number of carboxylic acid groups (broad SMARTS) is 1. The first kappa shape index (κ1) is 14.8. The summed E-state index contributed by atoms with van der Waals surface area (Å²) in [6.45, 7) is 0. The van der Waals surface area contributed by atoms with Crippen molar-refractivity contribution in [2.75, 3.05) is 19.1 Å². The van der Waals surface area contributed by atoms with Crippen LogP contribution in [0, 0.1) is 5.82 Å². The van der Waals surface area contributed by atoms with Crippen LogP contribution in [0.4, 0.5) is 15.0 Å². The molecule has 0 radical (unpaired) electrons. The van der Waals surface area contributed by atoms with Gasteiger partial charge in [0.05, 0.1) is 7.11 Å². The van der Waals surface area contributed by atoms with Crippen LogP contribution in [0.15, 0.2) is 40.9 Å². The average molecular weight is 316 g/mol. The van der Waals surface area contributed by atoms with Gasteiger partial charge in [0.2, 0.25) is 0 Å². The summed E-state index contributed by atoms with van der Waals surface area (Å²) in [7, 11) is 2.79. The molecule has 1 amide bonds. The minimum atomic E-state index is -1.29. The number of fused-ring (bicyclic) bond motifs is 1. The summed E-state index contributed by atoms with van der Waals surface area (Å²) in [6.07, 6.45) is 0.0762. The number of aromatic nitrogens is 1. The highest BCUT2D eigenvalue weighted by molar-refractivity contribution is 5.86. The lowest BCUT2D eigenvalue weighted by Gasteiger charge is -2.12. The number of benzene rings is 1. The van der Waals surface area contributed by atoms with Gasteiger partial charge in [-0.2, -0.15) is 0 Å². The van der Waals surface area contributed by atoms with Gasteiger partial charge < -0.3 is 14.3 Å². The van der Waals surface area contributed by atoms with Crippen molar-refractivity contribution in [1.29, 1.82) is 0 Å². The van der Waals surface area contributed by atoms with E-state index in [4.69, 9.17) is 14.3 Å². The molecule has 0 fully saturated rings. The molecule has 0 unspecified atom stereocenters. The molecule has 1 N–H and O–H groups in total. The number of ether oxygens (including phenoxy) is 1. The summed E-state index contributed by atoms with van der Waals surface area (Å²) in [4.78, 5) is 15.4. The molecule has 6 nitrogen and oxygen atoms in total. The van der Waals surface area contributed by atoms with Crippen LogP contribution in [0.1, 0.15) is 0 Å². The second-order valence-corrected chi connectivity index (χ2v) is 4.89. The molecule has 0 spiro atoms. The number of amides is 1. The number of hydrogen-bond acceptors (Lipinski definition) is 4. The summed E-state index contributed by atoms with van der Waals surface area (Å²) in [5.41, 5.74) is 1.05. The van der Waals surface area contributed by atoms with Crippen LogP contribution < -0.4 is 9.64 Å². The molecule has 3 aromatic rings. The van der Waals surface area contributed by atoms with Crippen molar-refractivity contribution in [1.82, 2.24) is 4.98 Å². The maximum atomic E-state index is 14.1. The Bertz CT molecular complexity index is 891. The predicted molar refractivity (Wildman–Crippen MR) is 82.4 cm³/mol. The molecule has 0 saturated carbocycles. The molecule has 3 rings (SSSR count). The fraction of sp³-hybridized carbons (Fsp3) is 0.125. The Morgan fingerprint density at radius 2 is 2.13 bits per heavy atom. The number of rotatable bonds is 3. The summed E-state index contributed by atoms with van der Waals surface area (Å²) >= 11 is 0. The van der Waals surface area contributed by atoms with Gasteiger partial charge in [-0.05, 0) is 30.3 Å². The first-order chi connectivity index (χ1) is 11.0. The fourth-order valence-corrected chi connectivity index (χ4v) is 2.19. The molecule has 0 aliphatic carbocycles. The average Bonchev–Trinajstić information content (AvgIpc) is 2.96. The third kappa shape index (κ3) is 2.68. The third-order valence-corrected chi connectivity index (χ3v) is 3.43. The predicted octanol–water partition coefficient (Wildman–Crippen LogP) is 3.76. The smallest absolute Gasteiger partial charge is 0.412 e. The van der Waals surface area contributed by atoms with Crippen molar-refractivity contribution < 1.29 is 23.4 Å². The first-order valence-electron chi connectivity index (χ1n) is 6.69. The molecule has 1 aromatic carbocycles. The Labute approximate surface area is 130 Å². The van der Waals surface area contributed by atoms with Crippen molar-refractivity contribution in [3.05, 3.63) is 42.3 Å². The molecule has 0 bridgehead atoms. The molecule has 0 aliphatic rings. The van der Waals surface area contributed by atoms with E-state index >= 15 is 0 Å². The van der Waals surface area contributed by atoms with Crippen molar-refractivity contribution in [3.8, 4) is 17.1 Å². The van der Waals surface area contributed by atoms with E-state index < -0.39 is 11.9 Å². The van der Waals surface area contributed by atoms with Crippen LogP contribution >= 0.6 is 0 Å². The van der Waals surface area contributed by atoms with Gasteiger partial charge in [-0.15, -0.1) is 0 Å². The molecule has 2 aromatic heterocycles. The monoisotopic (exact) mass is 316 g/mol. The molecular weight excluding hydrogens is 303 g/mol. The van der Waals surface area contributed by atoms with Crippen molar-refractivity contribution in [2.24, 2.45) is 0 Å². The van der Waals surface area contributed by atoms with Gasteiger partial charge in [0.1, 0.15) is 17.1 Å². The highest BCUT2D eigenvalue weighted by Crippen LogP contribution is 2.31. The van der Waals surface area contributed by atoms with E-state index in [9.17, 15) is 9.18 Å². The van der Waals surface area contributed by atoms with E-state index in [1.807, 2.05) is 0 Å². The zero-order chi connectivity index (χ0) is 16.6. The molecule has 7 heteroatoms. The first-order valence-corrected chi connectivity index (χ1v) is 6.69. The maximum absolute atomic E-state index is 14.1. The topological polar surface area (TPSA) is 75.8 Å². The third-order valence-electron chi connectivity index (χ3n) is 3.43. The van der Waals surface area contributed by atoms with Gasteiger partial charge in [0, 0.05) is 24.2 Å². The van der Waals surface area contributed by atoms with Gasteiger partial charge in [0.25, 0.3) is 0 Å². The second-order valence-electron chi connectivity index (χ2n) is 4.89. The van der Waals surface area contributed by atoms with Crippen molar-refractivity contribution in [3.63, 3.8) is 0 Å². The van der Waals surface area contributed by atoms with Gasteiger partial charge in [-0.25, -0.2) is 14.2 Å². The van der Waals surface area contributed by atoms with Crippen LogP contribution in [-0.4, -0.2) is 30.3 Å². The van der Waals surface area contributed by atoms with Crippen molar-refractivity contribution >= 4 is 22.9 Å². The Hall–Kier alpha value is -3.09.